The van der Waals surface area contributed by atoms with Gasteiger partial charge in [0.1, 0.15) is 6.29 Å². The number of carbonyl (C=O) groups excluding carboxylic acids is 2. The van der Waals surface area contributed by atoms with Crippen LogP contribution in [0.1, 0.15) is 26.2 Å². The summed E-state index contributed by atoms with van der Waals surface area (Å²) < 4.78 is 4.76. The fourth-order valence-corrected chi connectivity index (χ4v) is 1.31. The van der Waals surface area contributed by atoms with Gasteiger partial charge in [-0.3, -0.25) is 4.79 Å². The maximum absolute atomic E-state index is 10.9. The number of hydrogen-bond acceptors (Lipinski definition) is 3. The van der Waals surface area contributed by atoms with Crippen LogP contribution in [-0.4, -0.2) is 18.9 Å². The Morgan fingerprint density at radius 1 is 1.67 bits per heavy atom. The number of carbonyl (C=O) groups is 2. The molecule has 0 bridgehead atoms. The highest BCUT2D eigenvalue weighted by molar-refractivity contribution is 5.69. The van der Waals surface area contributed by atoms with Crippen molar-refractivity contribution < 1.29 is 14.3 Å². The zero-order valence-corrected chi connectivity index (χ0v) is 7.29. The van der Waals surface area contributed by atoms with Gasteiger partial charge in [0.15, 0.2) is 0 Å². The van der Waals surface area contributed by atoms with Gasteiger partial charge in [0, 0.05) is 12.3 Å². The van der Waals surface area contributed by atoms with E-state index in [-0.39, 0.29) is 11.9 Å². The van der Waals surface area contributed by atoms with Crippen LogP contribution in [0.4, 0.5) is 0 Å². The zero-order chi connectivity index (χ0) is 8.97. The average Bonchev–Trinajstić information content (AvgIpc) is 2.80. The number of esters is 1. The number of aldehydes is 1. The van der Waals surface area contributed by atoms with Crippen LogP contribution < -0.4 is 0 Å². The molecule has 3 nitrogen and oxygen atoms in total. The van der Waals surface area contributed by atoms with Crippen molar-refractivity contribution in [1.29, 1.82) is 0 Å². The van der Waals surface area contributed by atoms with Gasteiger partial charge in [-0.2, -0.15) is 0 Å². The highest BCUT2D eigenvalue weighted by Crippen LogP contribution is 2.40. The van der Waals surface area contributed by atoms with Crippen molar-refractivity contribution >= 4 is 12.3 Å². The van der Waals surface area contributed by atoms with E-state index >= 15 is 0 Å². The standard InChI is InChI=1S/C9H14O3/c1-2-12-9(11)4-3-7-5-8(7)6-10/h6-8H,2-5H2,1H3. The van der Waals surface area contributed by atoms with Gasteiger partial charge in [-0.1, -0.05) is 0 Å². The molecule has 0 N–H and O–H groups in total. The highest BCUT2D eigenvalue weighted by Gasteiger charge is 2.36. The van der Waals surface area contributed by atoms with Crippen LogP contribution in [0.2, 0.25) is 0 Å². The molecule has 3 heteroatoms. The second kappa shape index (κ2) is 4.24. The van der Waals surface area contributed by atoms with Gasteiger partial charge in [-0.25, -0.2) is 0 Å². The number of ether oxygens (including phenoxy) is 1. The molecule has 1 fully saturated rings. The molecule has 0 saturated heterocycles. The first kappa shape index (κ1) is 9.23. The minimum Gasteiger partial charge on any atom is -0.466 e. The molecule has 0 heterocycles. The summed E-state index contributed by atoms with van der Waals surface area (Å²) in [4.78, 5) is 21.1. The molecule has 2 unspecified atom stereocenters. The minimum absolute atomic E-state index is 0.144. The summed E-state index contributed by atoms with van der Waals surface area (Å²) in [5.74, 6) is 0.528. The molecule has 68 valence electrons. The number of rotatable bonds is 5. The summed E-state index contributed by atoms with van der Waals surface area (Å²) in [6, 6.07) is 0. The van der Waals surface area contributed by atoms with Gasteiger partial charge in [-0.15, -0.1) is 0 Å². The predicted octanol–water partition coefficient (Wildman–Crippen LogP) is 1.16. The molecule has 1 saturated carbocycles. The molecular formula is C9H14O3. The van der Waals surface area contributed by atoms with Crippen LogP contribution >= 0.6 is 0 Å². The maximum atomic E-state index is 10.9. The van der Waals surface area contributed by atoms with E-state index in [0.29, 0.717) is 18.9 Å². The van der Waals surface area contributed by atoms with E-state index in [1.165, 1.54) is 0 Å². The molecule has 0 aromatic rings. The second-order valence-corrected chi connectivity index (χ2v) is 3.14. The van der Waals surface area contributed by atoms with Gasteiger partial charge in [0.25, 0.3) is 0 Å². The van der Waals surface area contributed by atoms with Crippen LogP contribution in [0, 0.1) is 11.8 Å². The van der Waals surface area contributed by atoms with E-state index < -0.39 is 0 Å². The fraction of sp³-hybridized carbons (Fsp3) is 0.778. The molecule has 0 amide bonds. The molecular weight excluding hydrogens is 156 g/mol. The van der Waals surface area contributed by atoms with E-state index in [2.05, 4.69) is 0 Å². The Bertz CT molecular complexity index is 177. The summed E-state index contributed by atoms with van der Waals surface area (Å²) in [5, 5.41) is 0. The summed E-state index contributed by atoms with van der Waals surface area (Å²) in [7, 11) is 0. The predicted molar refractivity (Wildman–Crippen MR) is 43.5 cm³/mol. The lowest BCUT2D eigenvalue weighted by Gasteiger charge is -1.99. The third kappa shape index (κ3) is 2.64. The Morgan fingerprint density at radius 3 is 2.92 bits per heavy atom. The third-order valence-corrected chi connectivity index (χ3v) is 2.18. The topological polar surface area (TPSA) is 43.4 Å². The van der Waals surface area contributed by atoms with Gasteiger partial charge < -0.3 is 9.53 Å². The monoisotopic (exact) mass is 170 g/mol. The van der Waals surface area contributed by atoms with Gasteiger partial charge >= 0.3 is 5.97 Å². The summed E-state index contributed by atoms with van der Waals surface area (Å²) in [6.07, 6.45) is 3.21. The molecule has 0 spiro atoms. The van der Waals surface area contributed by atoms with Crippen molar-refractivity contribution in [3.8, 4) is 0 Å². The molecule has 0 aromatic heterocycles. The highest BCUT2D eigenvalue weighted by atomic mass is 16.5. The Hall–Kier alpha value is -0.860. The normalized spacial score (nSPS) is 26.4. The lowest BCUT2D eigenvalue weighted by atomic mass is 10.2. The minimum atomic E-state index is -0.144. The molecule has 2 atom stereocenters. The zero-order valence-electron chi connectivity index (χ0n) is 7.29. The van der Waals surface area contributed by atoms with E-state index in [1.54, 1.807) is 6.92 Å². The third-order valence-electron chi connectivity index (χ3n) is 2.18. The Kier molecular flexibility index (Phi) is 3.26. The lowest BCUT2D eigenvalue weighted by molar-refractivity contribution is -0.143. The Balaban J connectivity index is 2.03. The molecule has 12 heavy (non-hydrogen) atoms. The van der Waals surface area contributed by atoms with Crippen molar-refractivity contribution in [2.75, 3.05) is 6.61 Å². The van der Waals surface area contributed by atoms with Gasteiger partial charge in [0.05, 0.1) is 6.61 Å². The van der Waals surface area contributed by atoms with Gasteiger partial charge in [-0.05, 0) is 25.7 Å². The van der Waals surface area contributed by atoms with Crippen LogP contribution in [0.15, 0.2) is 0 Å². The maximum Gasteiger partial charge on any atom is 0.305 e. The summed E-state index contributed by atoms with van der Waals surface area (Å²) >= 11 is 0. The largest absolute Gasteiger partial charge is 0.466 e. The second-order valence-electron chi connectivity index (χ2n) is 3.14. The molecule has 0 aromatic carbocycles. The molecule has 1 aliphatic rings. The van der Waals surface area contributed by atoms with Crippen molar-refractivity contribution in [2.24, 2.45) is 11.8 Å². The van der Waals surface area contributed by atoms with E-state index in [0.717, 1.165) is 19.1 Å². The Morgan fingerprint density at radius 2 is 2.42 bits per heavy atom. The first-order chi connectivity index (χ1) is 5.77. The van der Waals surface area contributed by atoms with Crippen LogP contribution in [0.3, 0.4) is 0 Å². The van der Waals surface area contributed by atoms with Crippen molar-refractivity contribution in [3.05, 3.63) is 0 Å². The lowest BCUT2D eigenvalue weighted by Crippen LogP contribution is -2.04. The first-order valence-corrected chi connectivity index (χ1v) is 4.38. The fourth-order valence-electron chi connectivity index (χ4n) is 1.31. The summed E-state index contributed by atoms with van der Waals surface area (Å²) in [5.41, 5.74) is 0. The molecule has 0 aliphatic heterocycles. The average molecular weight is 170 g/mol. The SMILES string of the molecule is CCOC(=O)CCC1CC1C=O. The number of hydrogen-bond donors (Lipinski definition) is 0. The molecule has 1 rings (SSSR count). The van der Waals surface area contributed by atoms with Crippen molar-refractivity contribution in [2.45, 2.75) is 26.2 Å². The van der Waals surface area contributed by atoms with Gasteiger partial charge in [0.2, 0.25) is 0 Å². The van der Waals surface area contributed by atoms with E-state index in [9.17, 15) is 9.59 Å². The van der Waals surface area contributed by atoms with Crippen LogP contribution in [-0.2, 0) is 14.3 Å². The first-order valence-electron chi connectivity index (χ1n) is 4.38. The van der Waals surface area contributed by atoms with Crippen molar-refractivity contribution in [1.82, 2.24) is 0 Å². The van der Waals surface area contributed by atoms with Crippen LogP contribution in [0.25, 0.3) is 0 Å². The van der Waals surface area contributed by atoms with Crippen molar-refractivity contribution in [3.63, 3.8) is 0 Å². The quantitative estimate of drug-likeness (QED) is 0.459. The van der Waals surface area contributed by atoms with E-state index in [4.69, 9.17) is 4.74 Å². The Labute approximate surface area is 72.1 Å². The summed E-state index contributed by atoms with van der Waals surface area (Å²) in [6.45, 7) is 2.24. The molecule has 1 aliphatic carbocycles. The smallest absolute Gasteiger partial charge is 0.305 e. The molecule has 0 radical (unpaired) electrons. The van der Waals surface area contributed by atoms with E-state index in [1.807, 2.05) is 0 Å². The van der Waals surface area contributed by atoms with Crippen LogP contribution in [0.5, 0.6) is 0 Å².